The summed E-state index contributed by atoms with van der Waals surface area (Å²) in [6.45, 7) is 5.03. The van der Waals surface area contributed by atoms with Crippen molar-refractivity contribution in [2.24, 2.45) is 0 Å². The normalized spacial score (nSPS) is 12.2. The van der Waals surface area contributed by atoms with Crippen molar-refractivity contribution in [3.05, 3.63) is 35.4 Å². The lowest BCUT2D eigenvalue weighted by atomic mass is 10.1. The van der Waals surface area contributed by atoms with Gasteiger partial charge in [-0.1, -0.05) is 24.3 Å². The second-order valence-corrected chi connectivity index (χ2v) is 3.98. The van der Waals surface area contributed by atoms with Gasteiger partial charge in [-0.25, -0.2) is 0 Å². The predicted octanol–water partition coefficient (Wildman–Crippen LogP) is 0.793. The zero-order valence-electron chi connectivity index (χ0n) is 10.4. The van der Waals surface area contributed by atoms with E-state index in [9.17, 15) is 4.79 Å². The maximum Gasteiger partial charge on any atom is 0.236 e. The lowest BCUT2D eigenvalue weighted by Crippen LogP contribution is -2.41. The molecule has 0 fully saturated rings. The molecule has 0 radical (unpaired) electrons. The SMILES string of the molecule is CCNC(=O)C(C)NCc1cccc(CO)c1. The fourth-order valence-electron chi connectivity index (χ4n) is 1.53. The van der Waals surface area contributed by atoms with E-state index >= 15 is 0 Å². The highest BCUT2D eigenvalue weighted by molar-refractivity contribution is 5.81. The first-order valence-corrected chi connectivity index (χ1v) is 5.87. The Morgan fingerprint density at radius 3 is 2.76 bits per heavy atom. The predicted molar refractivity (Wildman–Crippen MR) is 67.4 cm³/mol. The topological polar surface area (TPSA) is 61.4 Å². The lowest BCUT2D eigenvalue weighted by Gasteiger charge is -2.13. The minimum absolute atomic E-state index is 0.00538. The van der Waals surface area contributed by atoms with Gasteiger partial charge in [-0.15, -0.1) is 0 Å². The van der Waals surface area contributed by atoms with Crippen molar-refractivity contribution in [2.45, 2.75) is 33.0 Å². The largest absolute Gasteiger partial charge is 0.392 e. The Hall–Kier alpha value is -1.39. The molecule has 0 bridgehead atoms. The number of aliphatic hydroxyl groups is 1. The Labute approximate surface area is 102 Å². The van der Waals surface area contributed by atoms with Crippen LogP contribution in [0.4, 0.5) is 0 Å². The number of hydrogen-bond acceptors (Lipinski definition) is 3. The molecule has 1 rings (SSSR count). The van der Waals surface area contributed by atoms with Crippen LogP contribution in [-0.4, -0.2) is 23.6 Å². The molecule has 0 heterocycles. The average molecular weight is 236 g/mol. The number of hydrogen-bond donors (Lipinski definition) is 3. The molecule has 1 unspecified atom stereocenters. The third-order valence-corrected chi connectivity index (χ3v) is 2.53. The third-order valence-electron chi connectivity index (χ3n) is 2.53. The van der Waals surface area contributed by atoms with Gasteiger partial charge in [0.2, 0.25) is 5.91 Å². The van der Waals surface area contributed by atoms with Gasteiger partial charge in [-0.2, -0.15) is 0 Å². The van der Waals surface area contributed by atoms with Crippen LogP contribution in [0, 0.1) is 0 Å². The molecular weight excluding hydrogens is 216 g/mol. The molecule has 0 aliphatic heterocycles. The van der Waals surface area contributed by atoms with E-state index in [4.69, 9.17) is 5.11 Å². The summed E-state index contributed by atoms with van der Waals surface area (Å²) < 4.78 is 0. The van der Waals surface area contributed by atoms with Gasteiger partial charge in [0.15, 0.2) is 0 Å². The molecule has 1 aromatic rings. The van der Waals surface area contributed by atoms with Gasteiger partial charge in [-0.3, -0.25) is 4.79 Å². The number of carbonyl (C=O) groups excluding carboxylic acids is 1. The molecule has 0 saturated carbocycles. The zero-order valence-corrected chi connectivity index (χ0v) is 10.4. The second-order valence-electron chi connectivity index (χ2n) is 3.98. The van der Waals surface area contributed by atoms with Crippen LogP contribution in [0.25, 0.3) is 0 Å². The summed E-state index contributed by atoms with van der Waals surface area (Å²) in [5.41, 5.74) is 1.95. The Bertz CT molecular complexity index is 366. The van der Waals surface area contributed by atoms with Gasteiger partial charge >= 0.3 is 0 Å². The van der Waals surface area contributed by atoms with Gasteiger partial charge in [0, 0.05) is 13.1 Å². The molecule has 3 N–H and O–H groups in total. The van der Waals surface area contributed by atoms with Crippen LogP contribution in [0.3, 0.4) is 0 Å². The first kappa shape index (κ1) is 13.7. The zero-order chi connectivity index (χ0) is 12.7. The maximum atomic E-state index is 11.5. The smallest absolute Gasteiger partial charge is 0.236 e. The highest BCUT2D eigenvalue weighted by Gasteiger charge is 2.10. The quantitative estimate of drug-likeness (QED) is 0.684. The Morgan fingerprint density at radius 2 is 2.12 bits per heavy atom. The molecule has 0 aromatic heterocycles. The monoisotopic (exact) mass is 236 g/mol. The number of likely N-dealkylation sites (N-methyl/N-ethyl adjacent to an activating group) is 1. The summed E-state index contributed by atoms with van der Waals surface area (Å²) in [5.74, 6) is 0.00538. The standard InChI is InChI=1S/C13H20N2O2/c1-3-14-13(17)10(2)15-8-11-5-4-6-12(7-11)9-16/h4-7,10,15-16H,3,8-9H2,1-2H3,(H,14,17). The van der Waals surface area contributed by atoms with E-state index in [1.807, 2.05) is 38.1 Å². The Balaban J connectivity index is 2.46. The third kappa shape index (κ3) is 4.54. The highest BCUT2D eigenvalue weighted by Crippen LogP contribution is 2.05. The van der Waals surface area contributed by atoms with Crippen LogP contribution >= 0.6 is 0 Å². The molecule has 0 aliphatic rings. The van der Waals surface area contributed by atoms with Gasteiger partial charge in [0.1, 0.15) is 0 Å². The van der Waals surface area contributed by atoms with Crippen LogP contribution in [-0.2, 0) is 17.9 Å². The molecule has 0 aliphatic carbocycles. The van der Waals surface area contributed by atoms with Crippen molar-refractivity contribution < 1.29 is 9.90 Å². The van der Waals surface area contributed by atoms with Crippen LogP contribution in [0.5, 0.6) is 0 Å². The van der Waals surface area contributed by atoms with E-state index in [0.29, 0.717) is 13.1 Å². The van der Waals surface area contributed by atoms with Crippen molar-refractivity contribution in [2.75, 3.05) is 6.54 Å². The molecule has 1 amide bonds. The summed E-state index contributed by atoms with van der Waals surface area (Å²) in [6.07, 6.45) is 0. The van der Waals surface area contributed by atoms with Crippen LogP contribution in [0.2, 0.25) is 0 Å². The summed E-state index contributed by atoms with van der Waals surface area (Å²) in [7, 11) is 0. The molecular formula is C13H20N2O2. The summed E-state index contributed by atoms with van der Waals surface area (Å²) in [5, 5.41) is 14.9. The van der Waals surface area contributed by atoms with Crippen LogP contribution in [0.1, 0.15) is 25.0 Å². The van der Waals surface area contributed by atoms with Crippen LogP contribution in [0.15, 0.2) is 24.3 Å². The number of carbonyl (C=O) groups is 1. The van der Waals surface area contributed by atoms with E-state index in [1.165, 1.54) is 0 Å². The van der Waals surface area contributed by atoms with E-state index in [1.54, 1.807) is 0 Å². The number of benzene rings is 1. The molecule has 0 saturated heterocycles. The molecule has 1 aromatic carbocycles. The van der Waals surface area contributed by atoms with Gasteiger partial charge in [0.25, 0.3) is 0 Å². The van der Waals surface area contributed by atoms with Crippen molar-refractivity contribution in [1.82, 2.24) is 10.6 Å². The first-order valence-electron chi connectivity index (χ1n) is 5.87. The maximum absolute atomic E-state index is 11.5. The average Bonchev–Trinajstić information content (AvgIpc) is 2.36. The summed E-state index contributed by atoms with van der Waals surface area (Å²) in [4.78, 5) is 11.5. The van der Waals surface area contributed by atoms with E-state index < -0.39 is 0 Å². The second kappa shape index (κ2) is 7.04. The minimum atomic E-state index is -0.215. The van der Waals surface area contributed by atoms with Gasteiger partial charge < -0.3 is 15.7 Å². The molecule has 94 valence electrons. The van der Waals surface area contributed by atoms with Crippen molar-refractivity contribution in [1.29, 1.82) is 0 Å². The van der Waals surface area contributed by atoms with Crippen molar-refractivity contribution in [3.63, 3.8) is 0 Å². The van der Waals surface area contributed by atoms with Gasteiger partial charge in [-0.05, 0) is 25.0 Å². The highest BCUT2D eigenvalue weighted by atomic mass is 16.3. The van der Waals surface area contributed by atoms with Gasteiger partial charge in [0.05, 0.1) is 12.6 Å². The number of amides is 1. The molecule has 0 spiro atoms. The molecule has 1 atom stereocenters. The van der Waals surface area contributed by atoms with E-state index in [-0.39, 0.29) is 18.6 Å². The Morgan fingerprint density at radius 1 is 1.41 bits per heavy atom. The van der Waals surface area contributed by atoms with Crippen molar-refractivity contribution in [3.8, 4) is 0 Å². The van der Waals surface area contributed by atoms with Crippen molar-refractivity contribution >= 4 is 5.91 Å². The fraction of sp³-hybridized carbons (Fsp3) is 0.462. The first-order chi connectivity index (χ1) is 8.17. The number of nitrogens with one attached hydrogen (secondary N) is 2. The number of aliphatic hydroxyl groups excluding tert-OH is 1. The number of rotatable bonds is 6. The molecule has 17 heavy (non-hydrogen) atoms. The minimum Gasteiger partial charge on any atom is -0.392 e. The Kier molecular flexibility index (Phi) is 5.66. The summed E-state index contributed by atoms with van der Waals surface area (Å²) in [6, 6.07) is 7.46. The fourth-order valence-corrected chi connectivity index (χ4v) is 1.53. The lowest BCUT2D eigenvalue weighted by molar-refractivity contribution is -0.122. The summed E-state index contributed by atoms with van der Waals surface area (Å²) >= 11 is 0. The van der Waals surface area contributed by atoms with E-state index in [0.717, 1.165) is 11.1 Å². The molecule has 4 heteroatoms. The van der Waals surface area contributed by atoms with Crippen LogP contribution < -0.4 is 10.6 Å². The molecule has 4 nitrogen and oxygen atoms in total. The van der Waals surface area contributed by atoms with E-state index in [2.05, 4.69) is 10.6 Å².